The first-order valence-electron chi connectivity index (χ1n) is 6.23. The largest absolute Gasteiger partial charge is 0.303 e. The van der Waals surface area contributed by atoms with Crippen LogP contribution in [0.4, 0.5) is 0 Å². The molecule has 2 amide bonds. The molecule has 2 atom stereocenters. The number of likely N-dealkylation sites (N-methyl/N-ethyl adjacent to an activating group) is 1. The molecule has 1 saturated carbocycles. The Hall–Kier alpha value is -0.900. The summed E-state index contributed by atoms with van der Waals surface area (Å²) < 4.78 is 0. The third kappa shape index (κ3) is 1.98. The van der Waals surface area contributed by atoms with Crippen molar-refractivity contribution in [1.29, 1.82) is 0 Å². The van der Waals surface area contributed by atoms with Crippen LogP contribution in [-0.2, 0) is 9.59 Å². The van der Waals surface area contributed by atoms with Crippen molar-refractivity contribution >= 4 is 11.8 Å². The lowest BCUT2D eigenvalue weighted by atomic mass is 9.80. The Labute approximate surface area is 96.4 Å². The molecule has 2 fully saturated rings. The molecule has 0 spiro atoms. The molecule has 0 aromatic rings. The average Bonchev–Trinajstić information content (AvgIpc) is 2.39. The fourth-order valence-corrected chi connectivity index (χ4v) is 2.54. The van der Waals surface area contributed by atoms with Crippen molar-refractivity contribution in [3.05, 3.63) is 0 Å². The smallest absolute Gasteiger partial charge is 0.246 e. The van der Waals surface area contributed by atoms with Crippen molar-refractivity contribution in [1.82, 2.24) is 10.2 Å². The van der Waals surface area contributed by atoms with E-state index in [1.165, 1.54) is 24.2 Å². The highest BCUT2D eigenvalue weighted by molar-refractivity contribution is 6.05. The van der Waals surface area contributed by atoms with Gasteiger partial charge < -0.3 is 5.32 Å². The predicted molar refractivity (Wildman–Crippen MR) is 60.7 cm³/mol. The maximum Gasteiger partial charge on any atom is 0.246 e. The van der Waals surface area contributed by atoms with Crippen LogP contribution < -0.4 is 5.32 Å². The lowest BCUT2D eigenvalue weighted by molar-refractivity contribution is -0.138. The zero-order valence-electron chi connectivity index (χ0n) is 10.0. The lowest BCUT2D eigenvalue weighted by Gasteiger charge is -2.33. The topological polar surface area (TPSA) is 49.4 Å². The van der Waals surface area contributed by atoms with Crippen LogP contribution in [0.25, 0.3) is 0 Å². The number of nitrogens with one attached hydrogen (secondary N) is 1. The summed E-state index contributed by atoms with van der Waals surface area (Å²) in [6, 6.07) is 0.0790. The molecule has 0 aromatic carbocycles. The summed E-state index contributed by atoms with van der Waals surface area (Å²) in [5.41, 5.74) is 0. The minimum atomic E-state index is -0.275. The summed E-state index contributed by atoms with van der Waals surface area (Å²) in [6.07, 6.45) is 4.14. The van der Waals surface area contributed by atoms with Crippen LogP contribution in [0.5, 0.6) is 0 Å². The van der Waals surface area contributed by atoms with Gasteiger partial charge in [-0.2, -0.15) is 0 Å². The molecule has 4 nitrogen and oxygen atoms in total. The van der Waals surface area contributed by atoms with Crippen molar-refractivity contribution in [2.75, 3.05) is 6.54 Å². The Bertz CT molecular complexity index is 299. The lowest BCUT2D eigenvalue weighted by Crippen LogP contribution is -2.46. The maximum atomic E-state index is 11.9. The zero-order chi connectivity index (χ0) is 11.7. The molecule has 2 unspecified atom stereocenters. The molecule has 0 aromatic heterocycles. The van der Waals surface area contributed by atoms with E-state index in [0.717, 1.165) is 0 Å². The van der Waals surface area contributed by atoms with Gasteiger partial charge in [-0.25, -0.2) is 0 Å². The Kier molecular flexibility index (Phi) is 3.28. The number of imide groups is 1. The first kappa shape index (κ1) is 11.6. The number of amides is 2. The highest BCUT2D eigenvalue weighted by atomic mass is 16.2. The second-order valence-electron chi connectivity index (χ2n) is 4.88. The van der Waals surface area contributed by atoms with E-state index < -0.39 is 0 Å². The highest BCUT2D eigenvalue weighted by Crippen LogP contribution is 2.30. The second-order valence-corrected chi connectivity index (χ2v) is 4.88. The standard InChI is InChI=1S/C12H20N2O2/c1-3-14-11(15)7-10(12(14)16)13-8(2)9-5-4-6-9/h8-10,13H,3-7H2,1-2H3. The fourth-order valence-electron chi connectivity index (χ4n) is 2.54. The number of likely N-dealkylation sites (tertiary alicyclic amines) is 1. The molecule has 0 radical (unpaired) electrons. The number of rotatable bonds is 4. The van der Waals surface area contributed by atoms with Crippen LogP contribution in [0.3, 0.4) is 0 Å². The van der Waals surface area contributed by atoms with Crippen LogP contribution in [-0.4, -0.2) is 35.3 Å². The third-order valence-electron chi connectivity index (χ3n) is 3.88. The van der Waals surface area contributed by atoms with E-state index in [2.05, 4.69) is 12.2 Å². The van der Waals surface area contributed by atoms with Crippen LogP contribution >= 0.6 is 0 Å². The normalized spacial score (nSPS) is 28.4. The number of hydrogen-bond donors (Lipinski definition) is 1. The molecule has 1 heterocycles. The van der Waals surface area contributed by atoms with Gasteiger partial charge in [0.05, 0.1) is 12.5 Å². The van der Waals surface area contributed by atoms with Gasteiger partial charge >= 0.3 is 0 Å². The SMILES string of the molecule is CCN1C(=O)CC(NC(C)C2CCC2)C1=O. The van der Waals surface area contributed by atoms with Crippen molar-refractivity contribution < 1.29 is 9.59 Å². The Morgan fingerprint density at radius 2 is 2.12 bits per heavy atom. The summed E-state index contributed by atoms with van der Waals surface area (Å²) in [6.45, 7) is 4.46. The Balaban J connectivity index is 1.90. The molecule has 2 aliphatic rings. The number of hydrogen-bond acceptors (Lipinski definition) is 3. The van der Waals surface area contributed by atoms with Crippen LogP contribution in [0, 0.1) is 5.92 Å². The highest BCUT2D eigenvalue weighted by Gasteiger charge is 2.39. The van der Waals surface area contributed by atoms with E-state index in [9.17, 15) is 9.59 Å². The Morgan fingerprint density at radius 1 is 1.44 bits per heavy atom. The van der Waals surface area contributed by atoms with Crippen LogP contribution in [0.15, 0.2) is 0 Å². The molecule has 4 heteroatoms. The maximum absolute atomic E-state index is 11.9. The molecule has 1 N–H and O–H groups in total. The summed E-state index contributed by atoms with van der Waals surface area (Å²) in [7, 11) is 0. The Morgan fingerprint density at radius 3 is 2.56 bits per heavy atom. The van der Waals surface area contributed by atoms with Gasteiger partial charge in [-0.1, -0.05) is 6.42 Å². The molecule has 1 aliphatic carbocycles. The molecular formula is C12H20N2O2. The molecule has 1 saturated heterocycles. The second kappa shape index (κ2) is 4.53. The number of nitrogens with zero attached hydrogens (tertiary/aromatic N) is 1. The van der Waals surface area contributed by atoms with E-state index in [0.29, 0.717) is 24.9 Å². The quantitative estimate of drug-likeness (QED) is 0.722. The van der Waals surface area contributed by atoms with E-state index >= 15 is 0 Å². The van der Waals surface area contributed by atoms with E-state index in [-0.39, 0.29) is 17.9 Å². The third-order valence-corrected chi connectivity index (χ3v) is 3.88. The van der Waals surface area contributed by atoms with Crippen LogP contribution in [0.1, 0.15) is 39.5 Å². The molecular weight excluding hydrogens is 204 g/mol. The van der Waals surface area contributed by atoms with Gasteiger partial charge in [0, 0.05) is 12.6 Å². The molecule has 90 valence electrons. The van der Waals surface area contributed by atoms with Gasteiger partial charge in [-0.05, 0) is 32.6 Å². The fraction of sp³-hybridized carbons (Fsp3) is 0.833. The van der Waals surface area contributed by atoms with Gasteiger partial charge in [-0.3, -0.25) is 14.5 Å². The number of carbonyl (C=O) groups is 2. The van der Waals surface area contributed by atoms with E-state index in [1.807, 2.05) is 6.92 Å². The van der Waals surface area contributed by atoms with Crippen molar-refractivity contribution in [2.24, 2.45) is 5.92 Å². The zero-order valence-corrected chi connectivity index (χ0v) is 10.0. The molecule has 1 aliphatic heterocycles. The van der Waals surface area contributed by atoms with Crippen molar-refractivity contribution in [3.63, 3.8) is 0 Å². The van der Waals surface area contributed by atoms with Crippen molar-refractivity contribution in [2.45, 2.75) is 51.6 Å². The number of carbonyl (C=O) groups excluding carboxylic acids is 2. The van der Waals surface area contributed by atoms with Gasteiger partial charge in [0.2, 0.25) is 11.8 Å². The van der Waals surface area contributed by atoms with E-state index in [4.69, 9.17) is 0 Å². The minimum Gasteiger partial charge on any atom is -0.303 e. The summed E-state index contributed by atoms with van der Waals surface area (Å²) in [5, 5.41) is 3.31. The van der Waals surface area contributed by atoms with Crippen LogP contribution in [0.2, 0.25) is 0 Å². The van der Waals surface area contributed by atoms with Crippen molar-refractivity contribution in [3.8, 4) is 0 Å². The average molecular weight is 224 g/mol. The predicted octanol–water partition coefficient (Wildman–Crippen LogP) is 0.912. The first-order chi connectivity index (χ1) is 7.63. The summed E-state index contributed by atoms with van der Waals surface area (Å²) in [4.78, 5) is 24.7. The molecule has 0 bridgehead atoms. The van der Waals surface area contributed by atoms with Gasteiger partial charge in [0.25, 0.3) is 0 Å². The molecule has 2 rings (SSSR count). The van der Waals surface area contributed by atoms with E-state index in [1.54, 1.807) is 0 Å². The minimum absolute atomic E-state index is 0.0363. The first-order valence-corrected chi connectivity index (χ1v) is 6.23. The monoisotopic (exact) mass is 224 g/mol. The van der Waals surface area contributed by atoms with Gasteiger partial charge in [0.15, 0.2) is 0 Å². The molecule has 16 heavy (non-hydrogen) atoms. The summed E-state index contributed by atoms with van der Waals surface area (Å²) in [5.74, 6) is 0.614. The van der Waals surface area contributed by atoms with Gasteiger partial charge in [0.1, 0.15) is 0 Å². The van der Waals surface area contributed by atoms with Gasteiger partial charge in [-0.15, -0.1) is 0 Å². The summed E-state index contributed by atoms with van der Waals surface area (Å²) >= 11 is 0.